The lowest BCUT2D eigenvalue weighted by Crippen LogP contribution is -2.37. The van der Waals surface area contributed by atoms with Crippen molar-refractivity contribution in [2.24, 2.45) is 0 Å². The van der Waals surface area contributed by atoms with Crippen LogP contribution in [-0.2, 0) is 19.1 Å². The summed E-state index contributed by atoms with van der Waals surface area (Å²) in [6.07, 6.45) is 2.78. The summed E-state index contributed by atoms with van der Waals surface area (Å²) in [4.78, 5) is 35.7. The van der Waals surface area contributed by atoms with Gasteiger partial charge in [0.25, 0.3) is 5.91 Å². The van der Waals surface area contributed by atoms with Gasteiger partial charge in [-0.1, -0.05) is 49.4 Å². The first-order valence-corrected chi connectivity index (χ1v) is 9.84. The van der Waals surface area contributed by atoms with Gasteiger partial charge >= 0.3 is 11.9 Å². The lowest BCUT2D eigenvalue weighted by molar-refractivity contribution is -0.150. The van der Waals surface area contributed by atoms with E-state index in [1.165, 1.54) is 20.1 Å². The minimum atomic E-state index is -0.905. The molecule has 0 fully saturated rings. The molecule has 158 valence electrons. The van der Waals surface area contributed by atoms with Gasteiger partial charge in [-0.25, -0.2) is 9.59 Å². The molecule has 0 aliphatic rings. The van der Waals surface area contributed by atoms with Crippen molar-refractivity contribution in [3.05, 3.63) is 77.4 Å². The standard InChI is InChI=1S/C24H27NO5/c1-4-19(20-8-6-5-7-9-20)16-25-23(27)17(2)30-22(26)15-12-18-10-13-21(14-11-18)24(28)29-3/h5-15,17,19H,4,16H2,1-3H3,(H,25,27)/b15-12+/t17-,19+/m0/s1. The Bertz CT molecular complexity index is 874. The second-order valence-electron chi connectivity index (χ2n) is 6.79. The molecule has 2 rings (SSSR count). The van der Waals surface area contributed by atoms with E-state index in [0.29, 0.717) is 17.7 Å². The van der Waals surface area contributed by atoms with E-state index in [9.17, 15) is 14.4 Å². The molecule has 0 aliphatic carbocycles. The van der Waals surface area contributed by atoms with E-state index in [4.69, 9.17) is 4.74 Å². The maximum atomic E-state index is 12.3. The molecule has 0 aliphatic heterocycles. The van der Waals surface area contributed by atoms with Gasteiger partial charge in [-0.15, -0.1) is 0 Å². The summed E-state index contributed by atoms with van der Waals surface area (Å²) in [5.74, 6) is -1.19. The van der Waals surface area contributed by atoms with Crippen molar-refractivity contribution < 1.29 is 23.9 Å². The Hall–Kier alpha value is -3.41. The highest BCUT2D eigenvalue weighted by Gasteiger charge is 2.18. The average Bonchev–Trinajstić information content (AvgIpc) is 2.78. The average molecular weight is 409 g/mol. The Balaban J connectivity index is 1.83. The highest BCUT2D eigenvalue weighted by atomic mass is 16.5. The quantitative estimate of drug-likeness (QED) is 0.504. The lowest BCUT2D eigenvalue weighted by Gasteiger charge is -2.18. The molecule has 30 heavy (non-hydrogen) atoms. The molecule has 2 aromatic carbocycles. The van der Waals surface area contributed by atoms with Crippen LogP contribution < -0.4 is 5.32 Å². The van der Waals surface area contributed by atoms with E-state index in [1.54, 1.807) is 30.3 Å². The number of carbonyl (C=O) groups excluding carboxylic acids is 3. The molecule has 0 saturated heterocycles. The Morgan fingerprint density at radius 1 is 1.03 bits per heavy atom. The summed E-state index contributed by atoms with van der Waals surface area (Å²) in [6.45, 7) is 4.08. The number of methoxy groups -OCH3 is 1. The third kappa shape index (κ3) is 6.88. The first-order valence-electron chi connectivity index (χ1n) is 9.84. The predicted octanol–water partition coefficient (Wildman–Crippen LogP) is 3.73. The summed E-state index contributed by atoms with van der Waals surface area (Å²) in [5.41, 5.74) is 2.29. The second kappa shape index (κ2) is 11.6. The van der Waals surface area contributed by atoms with Crippen LogP contribution in [0.3, 0.4) is 0 Å². The van der Waals surface area contributed by atoms with Crippen molar-refractivity contribution in [1.82, 2.24) is 5.32 Å². The van der Waals surface area contributed by atoms with Gasteiger partial charge in [0.15, 0.2) is 6.10 Å². The Labute approximate surface area is 176 Å². The van der Waals surface area contributed by atoms with Crippen molar-refractivity contribution in [2.75, 3.05) is 13.7 Å². The number of amides is 1. The third-order valence-corrected chi connectivity index (χ3v) is 4.69. The van der Waals surface area contributed by atoms with Crippen LogP contribution in [-0.4, -0.2) is 37.6 Å². The summed E-state index contributed by atoms with van der Waals surface area (Å²) in [6, 6.07) is 16.5. The van der Waals surface area contributed by atoms with Crippen LogP contribution in [0.5, 0.6) is 0 Å². The van der Waals surface area contributed by atoms with Crippen LogP contribution in [0.15, 0.2) is 60.7 Å². The van der Waals surface area contributed by atoms with Crippen LogP contribution in [0, 0.1) is 0 Å². The lowest BCUT2D eigenvalue weighted by atomic mass is 9.96. The highest BCUT2D eigenvalue weighted by Crippen LogP contribution is 2.18. The predicted molar refractivity (Wildman–Crippen MR) is 115 cm³/mol. The molecule has 6 heteroatoms. The first kappa shape index (κ1) is 22.9. The van der Waals surface area contributed by atoms with E-state index < -0.39 is 18.0 Å². The molecular weight excluding hydrogens is 382 g/mol. The van der Waals surface area contributed by atoms with Gasteiger partial charge in [-0.3, -0.25) is 4.79 Å². The SMILES string of the molecule is CC[C@H](CNC(=O)[C@H](C)OC(=O)/C=C/c1ccc(C(=O)OC)cc1)c1ccccc1. The fourth-order valence-corrected chi connectivity index (χ4v) is 2.87. The van der Waals surface area contributed by atoms with Crippen LogP contribution in [0.4, 0.5) is 0 Å². The zero-order chi connectivity index (χ0) is 21.9. The van der Waals surface area contributed by atoms with Gasteiger partial charge < -0.3 is 14.8 Å². The van der Waals surface area contributed by atoms with E-state index in [2.05, 4.69) is 17.0 Å². The molecule has 2 aromatic rings. The molecule has 0 radical (unpaired) electrons. The number of nitrogens with one attached hydrogen (secondary N) is 1. The fourth-order valence-electron chi connectivity index (χ4n) is 2.87. The zero-order valence-electron chi connectivity index (χ0n) is 17.5. The number of carbonyl (C=O) groups is 3. The topological polar surface area (TPSA) is 81.7 Å². The van der Waals surface area contributed by atoms with Crippen LogP contribution in [0.25, 0.3) is 6.08 Å². The highest BCUT2D eigenvalue weighted by molar-refractivity contribution is 5.91. The van der Waals surface area contributed by atoms with Gasteiger partial charge in [-0.05, 0) is 42.7 Å². The summed E-state index contributed by atoms with van der Waals surface area (Å²) >= 11 is 0. The summed E-state index contributed by atoms with van der Waals surface area (Å²) in [7, 11) is 1.31. The largest absolute Gasteiger partial charge is 0.465 e. The van der Waals surface area contributed by atoms with Crippen LogP contribution in [0.2, 0.25) is 0 Å². The maximum absolute atomic E-state index is 12.3. The van der Waals surface area contributed by atoms with Crippen molar-refractivity contribution in [3.63, 3.8) is 0 Å². The van der Waals surface area contributed by atoms with Gasteiger partial charge in [0, 0.05) is 18.5 Å². The molecule has 2 atom stereocenters. The second-order valence-corrected chi connectivity index (χ2v) is 6.79. The van der Waals surface area contributed by atoms with E-state index in [0.717, 1.165) is 12.0 Å². The number of rotatable bonds is 9. The molecule has 1 N–H and O–H groups in total. The molecular formula is C24H27NO5. The Morgan fingerprint density at radius 3 is 2.30 bits per heavy atom. The van der Waals surface area contributed by atoms with Crippen LogP contribution in [0.1, 0.15) is 47.7 Å². The monoisotopic (exact) mass is 409 g/mol. The van der Waals surface area contributed by atoms with Crippen molar-refractivity contribution in [2.45, 2.75) is 32.3 Å². The third-order valence-electron chi connectivity index (χ3n) is 4.69. The molecule has 0 unspecified atom stereocenters. The van der Waals surface area contributed by atoms with E-state index >= 15 is 0 Å². The van der Waals surface area contributed by atoms with Gasteiger partial charge in [0.1, 0.15) is 0 Å². The number of ether oxygens (including phenoxy) is 2. The number of hydrogen-bond donors (Lipinski definition) is 1. The van der Waals surface area contributed by atoms with Gasteiger partial charge in [0.05, 0.1) is 12.7 Å². The minimum absolute atomic E-state index is 0.200. The first-order chi connectivity index (χ1) is 14.4. The zero-order valence-corrected chi connectivity index (χ0v) is 17.5. The molecule has 1 amide bonds. The summed E-state index contributed by atoms with van der Waals surface area (Å²) in [5, 5.41) is 2.85. The van der Waals surface area contributed by atoms with E-state index in [-0.39, 0.29) is 11.8 Å². The molecule has 0 aromatic heterocycles. The van der Waals surface area contributed by atoms with Crippen LogP contribution >= 0.6 is 0 Å². The fraction of sp³-hybridized carbons (Fsp3) is 0.292. The van der Waals surface area contributed by atoms with E-state index in [1.807, 2.05) is 30.3 Å². The Kier molecular flexibility index (Phi) is 8.81. The minimum Gasteiger partial charge on any atom is -0.465 e. The molecule has 0 spiro atoms. The van der Waals surface area contributed by atoms with Gasteiger partial charge in [-0.2, -0.15) is 0 Å². The van der Waals surface area contributed by atoms with Crippen molar-refractivity contribution in [3.8, 4) is 0 Å². The normalized spacial score (nSPS) is 12.8. The number of benzene rings is 2. The molecule has 0 saturated carbocycles. The van der Waals surface area contributed by atoms with Crippen molar-refractivity contribution in [1.29, 1.82) is 0 Å². The number of hydrogen-bond acceptors (Lipinski definition) is 5. The van der Waals surface area contributed by atoms with Gasteiger partial charge in [0.2, 0.25) is 0 Å². The molecule has 0 bridgehead atoms. The Morgan fingerprint density at radius 2 is 1.70 bits per heavy atom. The molecule has 0 heterocycles. The number of esters is 2. The summed E-state index contributed by atoms with van der Waals surface area (Å²) < 4.78 is 9.81. The smallest absolute Gasteiger partial charge is 0.337 e. The molecule has 6 nitrogen and oxygen atoms in total. The van der Waals surface area contributed by atoms with Crippen molar-refractivity contribution >= 4 is 23.9 Å². The maximum Gasteiger partial charge on any atom is 0.337 e.